The molecule has 140 valence electrons. The Labute approximate surface area is 150 Å². The van der Waals surface area contributed by atoms with Crippen LogP contribution in [0.25, 0.3) is 0 Å². The number of nitrogens with zero attached hydrogens (tertiary/aromatic N) is 4. The lowest BCUT2D eigenvalue weighted by atomic mass is 10.2. The van der Waals surface area contributed by atoms with E-state index >= 15 is 0 Å². The first-order valence-corrected chi connectivity index (χ1v) is 8.09. The molecule has 0 radical (unpaired) electrons. The van der Waals surface area contributed by atoms with Gasteiger partial charge in [-0.1, -0.05) is 13.8 Å². The van der Waals surface area contributed by atoms with Crippen LogP contribution in [0.3, 0.4) is 0 Å². The van der Waals surface area contributed by atoms with Crippen molar-refractivity contribution >= 4 is 23.5 Å². The van der Waals surface area contributed by atoms with Gasteiger partial charge in [0.05, 0.1) is 23.6 Å². The van der Waals surface area contributed by atoms with E-state index in [0.717, 1.165) is 0 Å². The molecule has 1 unspecified atom stereocenters. The number of rotatable bonds is 7. The standard InChI is InChI=1S/C16H22N6O4/c1-9(2)5-17-15(24)13-12(7-18-21(13)4)20-14(23)11-6-19-22(8-11)10(3)16(25)26/h6-10H,5H2,1-4H3,(H,17,24)(H,20,23)(H,25,26). The largest absolute Gasteiger partial charge is 0.480 e. The minimum Gasteiger partial charge on any atom is -0.480 e. The topological polar surface area (TPSA) is 131 Å². The van der Waals surface area contributed by atoms with Crippen LogP contribution in [-0.4, -0.2) is 49.0 Å². The molecule has 0 bridgehead atoms. The van der Waals surface area contributed by atoms with Crippen molar-refractivity contribution in [2.24, 2.45) is 13.0 Å². The van der Waals surface area contributed by atoms with Crippen LogP contribution in [0.4, 0.5) is 5.69 Å². The SMILES string of the molecule is CC(C)CNC(=O)c1c(NC(=O)c2cnn(C(C)C(=O)O)c2)cnn1C. The Morgan fingerprint density at radius 3 is 2.46 bits per heavy atom. The summed E-state index contributed by atoms with van der Waals surface area (Å²) in [4.78, 5) is 35.7. The molecular formula is C16H22N6O4. The molecule has 10 nitrogen and oxygen atoms in total. The predicted octanol–water partition coefficient (Wildman–Crippen LogP) is 0.900. The van der Waals surface area contributed by atoms with Gasteiger partial charge in [-0.3, -0.25) is 19.0 Å². The van der Waals surface area contributed by atoms with Crippen molar-refractivity contribution in [1.29, 1.82) is 0 Å². The molecule has 10 heteroatoms. The summed E-state index contributed by atoms with van der Waals surface area (Å²) in [6, 6.07) is -0.896. The van der Waals surface area contributed by atoms with Gasteiger partial charge in [0.2, 0.25) is 0 Å². The van der Waals surface area contributed by atoms with E-state index in [9.17, 15) is 14.4 Å². The number of aromatic nitrogens is 4. The summed E-state index contributed by atoms with van der Waals surface area (Å²) < 4.78 is 2.55. The first kappa shape index (κ1) is 19.2. The van der Waals surface area contributed by atoms with E-state index in [1.165, 1.54) is 34.9 Å². The van der Waals surface area contributed by atoms with Crippen molar-refractivity contribution < 1.29 is 19.5 Å². The molecule has 26 heavy (non-hydrogen) atoms. The number of carboxylic acid groups (broad SMARTS) is 1. The molecule has 2 rings (SSSR count). The van der Waals surface area contributed by atoms with Gasteiger partial charge in [0.1, 0.15) is 11.7 Å². The average Bonchev–Trinajstić information content (AvgIpc) is 3.19. The van der Waals surface area contributed by atoms with Crippen molar-refractivity contribution in [2.75, 3.05) is 11.9 Å². The molecular weight excluding hydrogens is 340 g/mol. The second-order valence-corrected chi connectivity index (χ2v) is 6.31. The Morgan fingerprint density at radius 1 is 1.15 bits per heavy atom. The van der Waals surface area contributed by atoms with E-state index in [-0.39, 0.29) is 28.8 Å². The molecule has 0 saturated heterocycles. The lowest BCUT2D eigenvalue weighted by Crippen LogP contribution is -2.30. The molecule has 0 spiro atoms. The fourth-order valence-electron chi connectivity index (χ4n) is 2.15. The summed E-state index contributed by atoms with van der Waals surface area (Å²) in [6.07, 6.45) is 3.99. The highest BCUT2D eigenvalue weighted by molar-refractivity contribution is 6.08. The highest BCUT2D eigenvalue weighted by atomic mass is 16.4. The van der Waals surface area contributed by atoms with Crippen molar-refractivity contribution in [3.63, 3.8) is 0 Å². The van der Waals surface area contributed by atoms with Gasteiger partial charge in [0.25, 0.3) is 11.8 Å². The molecule has 0 aliphatic carbocycles. The smallest absolute Gasteiger partial charge is 0.328 e. The van der Waals surface area contributed by atoms with Gasteiger partial charge < -0.3 is 15.7 Å². The molecule has 2 aromatic heterocycles. The zero-order valence-electron chi connectivity index (χ0n) is 15.1. The van der Waals surface area contributed by atoms with Gasteiger partial charge in [-0.15, -0.1) is 0 Å². The lowest BCUT2D eigenvalue weighted by molar-refractivity contribution is -0.140. The summed E-state index contributed by atoms with van der Waals surface area (Å²) in [5.41, 5.74) is 0.665. The normalized spacial score (nSPS) is 12.0. The van der Waals surface area contributed by atoms with Gasteiger partial charge in [0, 0.05) is 19.8 Å². The van der Waals surface area contributed by atoms with Crippen LogP contribution in [0.5, 0.6) is 0 Å². The number of carboxylic acids is 1. The number of hydrogen-bond acceptors (Lipinski definition) is 5. The van der Waals surface area contributed by atoms with Gasteiger partial charge in [-0.05, 0) is 12.8 Å². The van der Waals surface area contributed by atoms with E-state index in [0.29, 0.717) is 6.54 Å². The van der Waals surface area contributed by atoms with Gasteiger partial charge in [0.15, 0.2) is 0 Å². The van der Waals surface area contributed by atoms with Gasteiger partial charge in [-0.25, -0.2) is 4.79 Å². The quantitative estimate of drug-likeness (QED) is 0.671. The fraction of sp³-hybridized carbons (Fsp3) is 0.438. The number of amides is 2. The number of carbonyl (C=O) groups excluding carboxylic acids is 2. The monoisotopic (exact) mass is 362 g/mol. The summed E-state index contributed by atoms with van der Waals surface area (Å²) in [5.74, 6) is -1.63. The van der Waals surface area contributed by atoms with Crippen LogP contribution in [0.1, 0.15) is 47.7 Å². The second kappa shape index (κ2) is 7.81. The van der Waals surface area contributed by atoms with E-state index in [2.05, 4.69) is 20.8 Å². The Hall–Kier alpha value is -3.17. The highest BCUT2D eigenvalue weighted by Gasteiger charge is 2.21. The lowest BCUT2D eigenvalue weighted by Gasteiger charge is -2.10. The molecule has 2 heterocycles. The number of carbonyl (C=O) groups is 3. The van der Waals surface area contributed by atoms with E-state index in [4.69, 9.17) is 5.11 Å². The number of nitrogens with one attached hydrogen (secondary N) is 2. The molecule has 2 aromatic rings. The number of hydrogen-bond donors (Lipinski definition) is 3. The van der Waals surface area contributed by atoms with E-state index < -0.39 is 17.9 Å². The van der Waals surface area contributed by atoms with Crippen molar-refractivity contribution in [2.45, 2.75) is 26.8 Å². The average molecular weight is 362 g/mol. The molecule has 0 saturated carbocycles. The Balaban J connectivity index is 2.15. The maximum atomic E-state index is 12.4. The van der Waals surface area contributed by atoms with Crippen LogP contribution >= 0.6 is 0 Å². The molecule has 2 amide bonds. The van der Waals surface area contributed by atoms with E-state index in [1.807, 2.05) is 13.8 Å². The molecule has 0 fully saturated rings. The Bertz CT molecular complexity index is 823. The van der Waals surface area contributed by atoms with Crippen LogP contribution < -0.4 is 10.6 Å². The third-order valence-electron chi connectivity index (χ3n) is 3.69. The molecule has 3 N–H and O–H groups in total. The maximum Gasteiger partial charge on any atom is 0.328 e. The Kier molecular flexibility index (Phi) is 5.75. The van der Waals surface area contributed by atoms with Gasteiger partial charge >= 0.3 is 5.97 Å². The molecule has 0 aliphatic rings. The second-order valence-electron chi connectivity index (χ2n) is 6.31. The summed E-state index contributed by atoms with van der Waals surface area (Å²) in [7, 11) is 1.60. The van der Waals surface area contributed by atoms with Gasteiger partial charge in [-0.2, -0.15) is 10.2 Å². The number of anilines is 1. The van der Waals surface area contributed by atoms with Crippen LogP contribution in [0, 0.1) is 5.92 Å². The van der Waals surface area contributed by atoms with Crippen LogP contribution in [0.2, 0.25) is 0 Å². The van der Waals surface area contributed by atoms with Crippen LogP contribution in [0.15, 0.2) is 18.6 Å². The number of aryl methyl sites for hydroxylation is 1. The van der Waals surface area contributed by atoms with Crippen molar-refractivity contribution in [3.8, 4) is 0 Å². The summed E-state index contributed by atoms with van der Waals surface area (Å²) >= 11 is 0. The summed E-state index contributed by atoms with van der Waals surface area (Å²) in [6.45, 7) is 5.90. The minimum absolute atomic E-state index is 0.176. The molecule has 0 aromatic carbocycles. The van der Waals surface area contributed by atoms with Crippen molar-refractivity contribution in [3.05, 3.63) is 29.8 Å². The maximum absolute atomic E-state index is 12.4. The first-order valence-electron chi connectivity index (χ1n) is 8.09. The third-order valence-corrected chi connectivity index (χ3v) is 3.69. The zero-order chi connectivity index (χ0) is 19.4. The Morgan fingerprint density at radius 2 is 1.85 bits per heavy atom. The predicted molar refractivity (Wildman–Crippen MR) is 92.9 cm³/mol. The zero-order valence-corrected chi connectivity index (χ0v) is 15.1. The number of aliphatic carboxylic acids is 1. The van der Waals surface area contributed by atoms with E-state index in [1.54, 1.807) is 7.05 Å². The molecule has 0 aliphatic heterocycles. The minimum atomic E-state index is -1.06. The first-order chi connectivity index (χ1) is 12.2. The third kappa shape index (κ3) is 4.26. The highest BCUT2D eigenvalue weighted by Crippen LogP contribution is 2.16. The summed E-state index contributed by atoms with van der Waals surface area (Å²) in [5, 5.41) is 22.3. The van der Waals surface area contributed by atoms with Crippen LogP contribution in [-0.2, 0) is 11.8 Å². The molecule has 1 atom stereocenters. The fourth-order valence-corrected chi connectivity index (χ4v) is 2.15. The van der Waals surface area contributed by atoms with Crippen molar-refractivity contribution in [1.82, 2.24) is 24.9 Å².